The topological polar surface area (TPSA) is 142 Å². The number of fused-ring (bicyclic) bond motifs is 1. The van der Waals surface area contributed by atoms with Crippen LogP contribution < -0.4 is 21.1 Å². The standard InChI is InChI=1S/C27H37N4O6PS/c1-4-36-38(34,37-5-2)26(31-27-30-25-19(3)12-11-15-22(25)39-27)20-13-8-9-14-21(20)35-18-24(33)29-17-10-6-7-16-23(28)32/h8-9,11-15,26H,4-7,10,16-18H2,1-3H3,(H2,28,32)(H,29,33)(H,30,31). The van der Waals surface area contributed by atoms with Crippen LogP contribution in [-0.4, -0.2) is 43.2 Å². The Bertz CT molecular complexity index is 1290. The van der Waals surface area contributed by atoms with Crippen molar-refractivity contribution in [3.05, 3.63) is 53.6 Å². The lowest BCUT2D eigenvalue weighted by Gasteiger charge is -2.28. The molecule has 0 radical (unpaired) electrons. The number of aromatic nitrogens is 1. The first-order valence-corrected chi connectivity index (χ1v) is 15.5. The van der Waals surface area contributed by atoms with E-state index >= 15 is 0 Å². The molecule has 212 valence electrons. The van der Waals surface area contributed by atoms with Crippen LogP contribution in [0.15, 0.2) is 42.5 Å². The lowest BCUT2D eigenvalue weighted by atomic mass is 10.2. The molecule has 0 aliphatic carbocycles. The predicted molar refractivity (Wildman–Crippen MR) is 154 cm³/mol. The number of nitrogens with two attached hydrogens (primary N) is 1. The van der Waals surface area contributed by atoms with Gasteiger partial charge in [0.05, 0.1) is 23.4 Å². The van der Waals surface area contributed by atoms with E-state index in [1.54, 1.807) is 38.1 Å². The summed E-state index contributed by atoms with van der Waals surface area (Å²) in [7, 11) is -3.74. The number of carbonyl (C=O) groups excluding carboxylic acids is 2. The van der Waals surface area contributed by atoms with Crippen molar-refractivity contribution in [2.24, 2.45) is 5.73 Å². The fourth-order valence-corrected chi connectivity index (χ4v) is 6.99. The highest BCUT2D eigenvalue weighted by Crippen LogP contribution is 2.62. The fraction of sp³-hybridized carbons (Fsp3) is 0.444. The SMILES string of the molecule is CCOP(=O)(OCC)C(Nc1nc2c(C)cccc2s1)c1ccccc1OCC(=O)NCCCCCC(N)=O. The zero-order valence-electron chi connectivity index (χ0n) is 22.6. The van der Waals surface area contributed by atoms with Gasteiger partial charge in [-0.2, -0.15) is 0 Å². The van der Waals surface area contributed by atoms with Crippen LogP contribution in [0.5, 0.6) is 5.75 Å². The minimum atomic E-state index is -3.74. The van der Waals surface area contributed by atoms with Gasteiger partial charge in [0, 0.05) is 18.5 Å². The van der Waals surface area contributed by atoms with Crippen molar-refractivity contribution >= 4 is 46.1 Å². The molecular formula is C27H37N4O6PS. The van der Waals surface area contributed by atoms with E-state index < -0.39 is 13.4 Å². The molecule has 39 heavy (non-hydrogen) atoms. The van der Waals surface area contributed by atoms with Crippen LogP contribution in [0.4, 0.5) is 5.13 Å². The molecule has 1 atom stereocenters. The maximum absolute atomic E-state index is 14.1. The van der Waals surface area contributed by atoms with E-state index in [-0.39, 0.29) is 31.6 Å². The van der Waals surface area contributed by atoms with Gasteiger partial charge < -0.3 is 30.2 Å². The Morgan fingerprint density at radius 1 is 1.05 bits per heavy atom. The summed E-state index contributed by atoms with van der Waals surface area (Å²) in [6, 6.07) is 13.0. The summed E-state index contributed by atoms with van der Waals surface area (Å²) >= 11 is 1.44. The van der Waals surface area contributed by atoms with Crippen LogP contribution in [-0.2, 0) is 23.2 Å². The maximum Gasteiger partial charge on any atom is 0.357 e. The second-order valence-electron chi connectivity index (χ2n) is 8.82. The Morgan fingerprint density at radius 3 is 2.49 bits per heavy atom. The van der Waals surface area contributed by atoms with Crippen molar-refractivity contribution in [3.63, 3.8) is 0 Å². The molecular weight excluding hydrogens is 539 g/mol. The lowest BCUT2D eigenvalue weighted by Crippen LogP contribution is -2.30. The summed E-state index contributed by atoms with van der Waals surface area (Å²) in [5.74, 6) is -1.16. The number of primary amides is 1. The first-order valence-electron chi connectivity index (χ1n) is 13.1. The quantitative estimate of drug-likeness (QED) is 0.141. The van der Waals surface area contributed by atoms with Gasteiger partial charge in [-0.05, 0) is 51.3 Å². The van der Waals surface area contributed by atoms with E-state index in [2.05, 4.69) is 10.6 Å². The van der Waals surface area contributed by atoms with E-state index in [1.807, 2.05) is 25.1 Å². The molecule has 1 unspecified atom stereocenters. The van der Waals surface area contributed by atoms with Crippen molar-refractivity contribution in [1.82, 2.24) is 10.3 Å². The molecule has 1 aromatic heterocycles. The van der Waals surface area contributed by atoms with Crippen LogP contribution in [0, 0.1) is 6.92 Å². The van der Waals surface area contributed by atoms with Gasteiger partial charge in [-0.3, -0.25) is 14.2 Å². The van der Waals surface area contributed by atoms with Gasteiger partial charge in [0.1, 0.15) is 5.75 Å². The number of anilines is 1. The first-order chi connectivity index (χ1) is 18.8. The van der Waals surface area contributed by atoms with Gasteiger partial charge in [0.2, 0.25) is 5.91 Å². The third-order valence-corrected chi connectivity index (χ3v) is 9.04. The number of rotatable bonds is 17. The zero-order chi connectivity index (χ0) is 28.3. The molecule has 3 aromatic rings. The van der Waals surface area contributed by atoms with Crippen molar-refractivity contribution in [1.29, 1.82) is 0 Å². The average Bonchev–Trinajstić information content (AvgIpc) is 3.33. The van der Waals surface area contributed by atoms with Crippen LogP contribution in [0.2, 0.25) is 0 Å². The average molecular weight is 577 g/mol. The Hall–Kier alpha value is -2.98. The Balaban J connectivity index is 1.79. The van der Waals surface area contributed by atoms with Gasteiger partial charge in [0.25, 0.3) is 5.91 Å². The smallest absolute Gasteiger partial charge is 0.357 e. The molecule has 0 spiro atoms. The number of aryl methyl sites for hydroxylation is 1. The number of hydrogen-bond donors (Lipinski definition) is 3. The number of nitrogens with one attached hydrogen (secondary N) is 2. The monoisotopic (exact) mass is 576 g/mol. The van der Waals surface area contributed by atoms with Crippen molar-refractivity contribution in [3.8, 4) is 5.75 Å². The molecule has 2 amide bonds. The molecule has 0 bridgehead atoms. The molecule has 3 rings (SSSR count). The minimum Gasteiger partial charge on any atom is -0.483 e. The summed E-state index contributed by atoms with van der Waals surface area (Å²) in [6.45, 7) is 6.10. The Kier molecular flexibility index (Phi) is 11.7. The van der Waals surface area contributed by atoms with Gasteiger partial charge in [0.15, 0.2) is 17.5 Å². The molecule has 0 aliphatic heterocycles. The number of benzene rings is 2. The molecule has 10 nitrogen and oxygen atoms in total. The third-order valence-electron chi connectivity index (χ3n) is 5.81. The number of nitrogens with zero attached hydrogens (tertiary/aromatic N) is 1. The van der Waals surface area contributed by atoms with E-state index in [0.717, 1.165) is 28.6 Å². The van der Waals surface area contributed by atoms with Crippen molar-refractivity contribution in [2.75, 3.05) is 31.7 Å². The highest BCUT2D eigenvalue weighted by molar-refractivity contribution is 7.54. The minimum absolute atomic E-state index is 0.180. The number of para-hydroxylation sites is 2. The lowest BCUT2D eigenvalue weighted by molar-refractivity contribution is -0.123. The third kappa shape index (κ3) is 8.76. The highest BCUT2D eigenvalue weighted by atomic mass is 32.1. The second-order valence-corrected chi connectivity index (χ2v) is 12.0. The van der Waals surface area contributed by atoms with Crippen LogP contribution >= 0.6 is 18.9 Å². The number of ether oxygens (including phenoxy) is 1. The van der Waals surface area contributed by atoms with E-state index in [9.17, 15) is 14.2 Å². The van der Waals surface area contributed by atoms with Crippen LogP contribution in [0.3, 0.4) is 0 Å². The fourth-order valence-electron chi connectivity index (χ4n) is 4.00. The Labute approximate surface area is 233 Å². The summed E-state index contributed by atoms with van der Waals surface area (Å²) < 4.78 is 32.4. The molecule has 0 aliphatic rings. The molecule has 1 heterocycles. The van der Waals surface area contributed by atoms with Gasteiger partial charge in [-0.1, -0.05) is 48.1 Å². The number of unbranched alkanes of at least 4 members (excludes halogenated alkanes) is 2. The highest BCUT2D eigenvalue weighted by Gasteiger charge is 2.39. The first kappa shape index (κ1) is 30.6. The summed E-state index contributed by atoms with van der Waals surface area (Å²) in [4.78, 5) is 28.0. The number of hydrogen-bond acceptors (Lipinski definition) is 9. The van der Waals surface area contributed by atoms with Crippen molar-refractivity contribution < 1.29 is 27.9 Å². The molecule has 2 aromatic carbocycles. The molecule has 0 saturated heterocycles. The molecule has 4 N–H and O–H groups in total. The Morgan fingerprint density at radius 2 is 1.79 bits per heavy atom. The van der Waals surface area contributed by atoms with E-state index in [4.69, 9.17) is 24.5 Å². The summed E-state index contributed by atoms with van der Waals surface area (Å²) in [6.07, 6.45) is 2.55. The van der Waals surface area contributed by atoms with Crippen LogP contribution in [0.1, 0.15) is 56.4 Å². The maximum atomic E-state index is 14.1. The molecule has 0 saturated carbocycles. The molecule has 12 heteroatoms. The van der Waals surface area contributed by atoms with Gasteiger partial charge >= 0.3 is 7.60 Å². The predicted octanol–water partition coefficient (Wildman–Crippen LogP) is 5.52. The number of thiazole rings is 1. The largest absolute Gasteiger partial charge is 0.483 e. The second kappa shape index (κ2) is 15.0. The summed E-state index contributed by atoms with van der Waals surface area (Å²) in [5, 5.41) is 6.67. The zero-order valence-corrected chi connectivity index (χ0v) is 24.3. The number of carbonyl (C=O) groups is 2. The van der Waals surface area contributed by atoms with Crippen LogP contribution in [0.25, 0.3) is 10.2 Å². The van der Waals surface area contributed by atoms with E-state index in [1.165, 1.54) is 11.3 Å². The van der Waals surface area contributed by atoms with Crippen molar-refractivity contribution in [2.45, 2.75) is 52.2 Å². The van der Waals surface area contributed by atoms with E-state index in [0.29, 0.717) is 35.8 Å². The molecule has 0 fully saturated rings. The number of amides is 2. The van der Waals surface area contributed by atoms with Gasteiger partial charge in [-0.15, -0.1) is 0 Å². The van der Waals surface area contributed by atoms with Gasteiger partial charge in [-0.25, -0.2) is 4.98 Å². The summed E-state index contributed by atoms with van der Waals surface area (Å²) in [5.41, 5.74) is 7.57. The normalized spacial score (nSPS) is 12.3.